The highest BCUT2D eigenvalue weighted by molar-refractivity contribution is 7.17. The second-order valence-corrected chi connectivity index (χ2v) is 7.19. The van der Waals surface area contributed by atoms with Crippen molar-refractivity contribution in [3.05, 3.63) is 40.4 Å². The summed E-state index contributed by atoms with van der Waals surface area (Å²) in [6, 6.07) is 7.48. The van der Waals surface area contributed by atoms with E-state index in [2.05, 4.69) is 15.6 Å². The summed E-state index contributed by atoms with van der Waals surface area (Å²) < 4.78 is 0. The number of nitrogens with two attached hydrogens (primary N) is 1. The normalized spacial score (nSPS) is 9.96. The molecular weight excluding hydrogens is 402 g/mol. The van der Waals surface area contributed by atoms with Crippen LogP contribution < -0.4 is 16.4 Å². The van der Waals surface area contributed by atoms with Crippen molar-refractivity contribution in [2.75, 3.05) is 31.7 Å². The number of carbonyl (C=O) groups excluding carboxylic acids is 3. The van der Waals surface area contributed by atoms with E-state index >= 15 is 0 Å². The van der Waals surface area contributed by atoms with Crippen LogP contribution in [0.2, 0.25) is 0 Å². The molecule has 1 heterocycles. The number of benzene rings is 1. The molecule has 0 aliphatic heterocycles. The summed E-state index contributed by atoms with van der Waals surface area (Å²) in [5.41, 5.74) is 8.02. The highest BCUT2D eigenvalue weighted by Crippen LogP contribution is 2.24. The van der Waals surface area contributed by atoms with Crippen LogP contribution in [-0.4, -0.2) is 48.2 Å². The quantitative estimate of drug-likeness (QED) is 0.583. The van der Waals surface area contributed by atoms with Gasteiger partial charge in [0.05, 0.1) is 12.2 Å². The number of rotatable bonds is 7. The predicted octanol–water partition coefficient (Wildman–Crippen LogP) is 1.71. The fraction of sp³-hybridized carbons (Fsp3) is 0.333. The van der Waals surface area contributed by atoms with Gasteiger partial charge in [0.15, 0.2) is 5.13 Å². The van der Waals surface area contributed by atoms with Gasteiger partial charge in [0.1, 0.15) is 4.88 Å². The SMILES string of the molecule is CC(=O)Nc1nc(CCc2ccc(N)cc2)c(C(=O)NCC(=O)N(C)C)s1.Cl. The summed E-state index contributed by atoms with van der Waals surface area (Å²) >= 11 is 1.09. The van der Waals surface area contributed by atoms with Crippen LogP contribution >= 0.6 is 23.7 Å². The largest absolute Gasteiger partial charge is 0.399 e. The van der Waals surface area contributed by atoms with E-state index in [1.165, 1.54) is 11.8 Å². The summed E-state index contributed by atoms with van der Waals surface area (Å²) in [5, 5.41) is 5.57. The molecule has 2 rings (SSSR count). The van der Waals surface area contributed by atoms with E-state index in [1.807, 2.05) is 24.3 Å². The van der Waals surface area contributed by atoms with Gasteiger partial charge in [-0.3, -0.25) is 14.4 Å². The average Bonchev–Trinajstić information content (AvgIpc) is 3.00. The van der Waals surface area contributed by atoms with Gasteiger partial charge in [-0.2, -0.15) is 0 Å². The molecule has 0 saturated heterocycles. The highest BCUT2D eigenvalue weighted by atomic mass is 35.5. The van der Waals surface area contributed by atoms with Gasteiger partial charge in [-0.15, -0.1) is 12.4 Å². The Balaban J connectivity index is 0.00000392. The van der Waals surface area contributed by atoms with Crippen LogP contribution in [0.1, 0.15) is 27.9 Å². The number of carbonyl (C=O) groups is 3. The molecule has 0 aliphatic rings. The Kier molecular flexibility index (Phi) is 8.87. The predicted molar refractivity (Wildman–Crippen MR) is 113 cm³/mol. The second kappa shape index (κ2) is 10.6. The van der Waals surface area contributed by atoms with Gasteiger partial charge in [0.2, 0.25) is 11.8 Å². The number of thiazole rings is 1. The molecule has 0 radical (unpaired) electrons. The number of nitrogen functional groups attached to an aromatic ring is 1. The molecule has 1 aromatic heterocycles. The van der Waals surface area contributed by atoms with Crippen molar-refractivity contribution in [1.29, 1.82) is 0 Å². The Hall–Kier alpha value is -2.65. The topological polar surface area (TPSA) is 117 Å². The van der Waals surface area contributed by atoms with Crippen molar-refractivity contribution in [2.24, 2.45) is 0 Å². The molecule has 1 aromatic carbocycles. The minimum atomic E-state index is -0.383. The summed E-state index contributed by atoms with van der Waals surface area (Å²) in [7, 11) is 3.24. The zero-order valence-corrected chi connectivity index (χ0v) is 17.6. The first kappa shape index (κ1) is 23.4. The smallest absolute Gasteiger partial charge is 0.263 e. The molecule has 0 atom stereocenters. The van der Waals surface area contributed by atoms with Crippen LogP contribution in [0.4, 0.5) is 10.8 Å². The number of likely N-dealkylation sites (N-methyl/N-ethyl adjacent to an activating group) is 1. The fourth-order valence-electron chi connectivity index (χ4n) is 2.24. The van der Waals surface area contributed by atoms with E-state index < -0.39 is 0 Å². The molecule has 0 spiro atoms. The van der Waals surface area contributed by atoms with E-state index in [9.17, 15) is 14.4 Å². The minimum absolute atomic E-state index is 0. The minimum Gasteiger partial charge on any atom is -0.399 e. The maximum absolute atomic E-state index is 12.5. The van der Waals surface area contributed by atoms with Crippen molar-refractivity contribution in [3.63, 3.8) is 0 Å². The molecule has 152 valence electrons. The van der Waals surface area contributed by atoms with Gasteiger partial charge in [-0.1, -0.05) is 23.5 Å². The zero-order valence-electron chi connectivity index (χ0n) is 15.9. The summed E-state index contributed by atoms with van der Waals surface area (Å²) in [5.74, 6) is -0.853. The lowest BCUT2D eigenvalue weighted by Gasteiger charge is -2.10. The molecule has 0 saturated carbocycles. The number of halogens is 1. The average molecular weight is 426 g/mol. The van der Waals surface area contributed by atoms with Gasteiger partial charge in [-0.05, 0) is 30.5 Å². The van der Waals surface area contributed by atoms with Gasteiger partial charge >= 0.3 is 0 Å². The molecule has 3 amide bonds. The number of hydrogen-bond acceptors (Lipinski definition) is 6. The number of aryl methyl sites for hydroxylation is 2. The molecule has 0 bridgehead atoms. The van der Waals surface area contributed by atoms with E-state index in [0.29, 0.717) is 34.2 Å². The Labute approximate surface area is 173 Å². The molecule has 28 heavy (non-hydrogen) atoms. The van der Waals surface area contributed by atoms with Gasteiger partial charge in [0.25, 0.3) is 5.91 Å². The van der Waals surface area contributed by atoms with Crippen LogP contribution in [0.3, 0.4) is 0 Å². The number of nitrogens with zero attached hydrogens (tertiary/aromatic N) is 2. The van der Waals surface area contributed by atoms with Crippen LogP contribution in [0.15, 0.2) is 24.3 Å². The highest BCUT2D eigenvalue weighted by Gasteiger charge is 2.19. The Morgan fingerprint density at radius 1 is 1.14 bits per heavy atom. The lowest BCUT2D eigenvalue weighted by molar-refractivity contribution is -0.127. The fourth-order valence-corrected chi connectivity index (χ4v) is 3.22. The van der Waals surface area contributed by atoms with Crippen LogP contribution in [0.5, 0.6) is 0 Å². The first-order chi connectivity index (χ1) is 12.8. The van der Waals surface area contributed by atoms with Crippen molar-refractivity contribution in [1.82, 2.24) is 15.2 Å². The Morgan fingerprint density at radius 3 is 2.36 bits per heavy atom. The van der Waals surface area contributed by atoms with E-state index in [4.69, 9.17) is 5.73 Å². The third-order valence-electron chi connectivity index (χ3n) is 3.72. The van der Waals surface area contributed by atoms with E-state index in [1.54, 1.807) is 14.1 Å². The van der Waals surface area contributed by atoms with Crippen LogP contribution in [0, 0.1) is 0 Å². The molecule has 8 nitrogen and oxygen atoms in total. The summed E-state index contributed by atoms with van der Waals surface area (Å²) in [6.45, 7) is 1.28. The van der Waals surface area contributed by atoms with Crippen LogP contribution in [0.25, 0.3) is 0 Å². The zero-order chi connectivity index (χ0) is 20.0. The third kappa shape index (κ3) is 6.82. The molecule has 0 fully saturated rings. The number of hydrogen-bond donors (Lipinski definition) is 3. The standard InChI is InChI=1S/C18H23N5O3S.ClH/c1-11(24)21-18-22-14(9-6-12-4-7-13(19)8-5-12)16(27-18)17(26)20-10-15(25)23(2)3;/h4-5,7-8H,6,9-10,19H2,1-3H3,(H,20,26)(H,21,22,24);1H. The first-order valence-electron chi connectivity index (χ1n) is 8.36. The molecule has 2 aromatic rings. The van der Waals surface area contributed by atoms with Crippen LogP contribution in [-0.2, 0) is 22.4 Å². The number of nitrogens with one attached hydrogen (secondary N) is 2. The van der Waals surface area contributed by atoms with Crippen molar-refractivity contribution >= 4 is 52.3 Å². The number of anilines is 2. The van der Waals surface area contributed by atoms with Crippen molar-refractivity contribution < 1.29 is 14.4 Å². The van der Waals surface area contributed by atoms with Gasteiger partial charge < -0.3 is 21.3 Å². The number of aromatic nitrogens is 1. The van der Waals surface area contributed by atoms with Crippen molar-refractivity contribution in [2.45, 2.75) is 19.8 Å². The van der Waals surface area contributed by atoms with Crippen molar-refractivity contribution in [3.8, 4) is 0 Å². The second-order valence-electron chi connectivity index (χ2n) is 6.19. The molecular formula is C18H24ClN5O3S. The number of amides is 3. The first-order valence-corrected chi connectivity index (χ1v) is 9.18. The van der Waals surface area contributed by atoms with E-state index in [-0.39, 0.29) is 36.7 Å². The third-order valence-corrected chi connectivity index (χ3v) is 4.73. The lowest BCUT2D eigenvalue weighted by atomic mass is 10.1. The maximum Gasteiger partial charge on any atom is 0.263 e. The molecule has 0 unspecified atom stereocenters. The molecule has 4 N–H and O–H groups in total. The lowest BCUT2D eigenvalue weighted by Crippen LogP contribution is -2.36. The van der Waals surface area contributed by atoms with E-state index in [0.717, 1.165) is 16.9 Å². The Morgan fingerprint density at radius 2 is 1.79 bits per heavy atom. The van der Waals surface area contributed by atoms with Gasteiger partial charge in [0, 0.05) is 26.7 Å². The monoisotopic (exact) mass is 425 g/mol. The maximum atomic E-state index is 12.5. The molecule has 0 aliphatic carbocycles. The van der Waals surface area contributed by atoms with Gasteiger partial charge in [-0.25, -0.2) is 4.98 Å². The Bertz CT molecular complexity index is 836. The molecule has 10 heteroatoms. The summed E-state index contributed by atoms with van der Waals surface area (Å²) in [4.78, 5) is 41.7. The summed E-state index contributed by atoms with van der Waals surface area (Å²) in [6.07, 6.45) is 1.19.